The number of hydrogen-bond acceptors (Lipinski definition) is 5. The van der Waals surface area contributed by atoms with Gasteiger partial charge in [0.05, 0.1) is 30.1 Å². The van der Waals surface area contributed by atoms with E-state index in [4.69, 9.17) is 22.2 Å². The summed E-state index contributed by atoms with van der Waals surface area (Å²) in [6.45, 7) is 0. The Balaban J connectivity index is 2.42. The molecule has 0 bridgehead atoms. The Morgan fingerprint density at radius 2 is 2.28 bits per heavy atom. The van der Waals surface area contributed by atoms with Gasteiger partial charge in [0, 0.05) is 12.4 Å². The summed E-state index contributed by atoms with van der Waals surface area (Å²) in [5.41, 5.74) is 4.16. The average Bonchev–Trinajstić information content (AvgIpc) is 2.42. The summed E-state index contributed by atoms with van der Waals surface area (Å²) in [5.74, 6) is 6.23. The van der Waals surface area contributed by atoms with Gasteiger partial charge in [0.25, 0.3) is 0 Å². The molecule has 3 N–H and O–H groups in total. The third kappa shape index (κ3) is 2.59. The van der Waals surface area contributed by atoms with Gasteiger partial charge in [0.15, 0.2) is 0 Å². The van der Waals surface area contributed by atoms with Gasteiger partial charge in [-0.15, -0.1) is 0 Å². The summed E-state index contributed by atoms with van der Waals surface area (Å²) < 4.78 is 5.13. The Morgan fingerprint density at radius 1 is 1.44 bits per heavy atom. The third-order valence-electron chi connectivity index (χ3n) is 2.53. The molecule has 5 nitrogen and oxygen atoms in total. The second-order valence-electron chi connectivity index (χ2n) is 3.63. The van der Waals surface area contributed by atoms with Crippen LogP contribution in [0.1, 0.15) is 17.3 Å². The van der Waals surface area contributed by atoms with Crippen molar-refractivity contribution in [1.29, 1.82) is 0 Å². The summed E-state index contributed by atoms with van der Waals surface area (Å²) in [6.07, 6.45) is 4.98. The molecule has 94 valence electrons. The molecule has 1 atom stereocenters. The smallest absolute Gasteiger partial charge is 0.137 e. The maximum absolute atomic E-state index is 6.11. The maximum Gasteiger partial charge on any atom is 0.137 e. The molecule has 0 amide bonds. The van der Waals surface area contributed by atoms with Crippen molar-refractivity contribution in [3.05, 3.63) is 53.1 Å². The van der Waals surface area contributed by atoms with E-state index in [1.165, 1.54) is 0 Å². The number of nitrogens with zero attached hydrogens (tertiary/aromatic N) is 2. The minimum Gasteiger partial charge on any atom is -0.495 e. The van der Waals surface area contributed by atoms with Gasteiger partial charge in [0.1, 0.15) is 5.75 Å². The predicted molar refractivity (Wildman–Crippen MR) is 69.2 cm³/mol. The van der Waals surface area contributed by atoms with Gasteiger partial charge in [-0.1, -0.05) is 11.6 Å². The Bertz CT molecular complexity index is 535. The fourth-order valence-corrected chi connectivity index (χ4v) is 1.88. The van der Waals surface area contributed by atoms with E-state index in [0.717, 1.165) is 5.56 Å². The number of rotatable bonds is 4. The molecule has 2 heterocycles. The van der Waals surface area contributed by atoms with E-state index < -0.39 is 0 Å². The molecular weight excluding hydrogens is 252 g/mol. The third-order valence-corrected chi connectivity index (χ3v) is 2.85. The van der Waals surface area contributed by atoms with Crippen LogP contribution in [0, 0.1) is 0 Å². The number of nitrogens with two attached hydrogens (primary N) is 1. The van der Waals surface area contributed by atoms with Crippen LogP contribution >= 0.6 is 11.6 Å². The molecule has 0 saturated carbocycles. The lowest BCUT2D eigenvalue weighted by atomic mass is 10.1. The van der Waals surface area contributed by atoms with Crippen molar-refractivity contribution in [2.75, 3.05) is 7.11 Å². The fraction of sp³-hybridized carbons (Fsp3) is 0.167. The molecule has 2 aromatic rings. The van der Waals surface area contributed by atoms with Crippen LogP contribution in [0.25, 0.3) is 0 Å². The topological polar surface area (TPSA) is 73.1 Å². The molecule has 0 saturated heterocycles. The first kappa shape index (κ1) is 12.8. The van der Waals surface area contributed by atoms with E-state index in [2.05, 4.69) is 15.4 Å². The van der Waals surface area contributed by atoms with E-state index >= 15 is 0 Å². The van der Waals surface area contributed by atoms with Gasteiger partial charge < -0.3 is 4.74 Å². The number of hydrogen-bond donors (Lipinski definition) is 2. The van der Waals surface area contributed by atoms with E-state index in [0.29, 0.717) is 16.5 Å². The minimum absolute atomic E-state index is 0.332. The van der Waals surface area contributed by atoms with Crippen LogP contribution < -0.4 is 16.0 Å². The van der Waals surface area contributed by atoms with Gasteiger partial charge in [-0.2, -0.15) is 0 Å². The van der Waals surface area contributed by atoms with Crippen LogP contribution in [0.5, 0.6) is 5.75 Å². The first-order chi connectivity index (χ1) is 8.76. The van der Waals surface area contributed by atoms with Crippen molar-refractivity contribution in [2.45, 2.75) is 6.04 Å². The molecule has 0 aromatic carbocycles. The Morgan fingerprint density at radius 3 is 2.94 bits per heavy atom. The number of methoxy groups -OCH3 is 1. The van der Waals surface area contributed by atoms with E-state index in [1.807, 2.05) is 6.07 Å². The molecule has 6 heteroatoms. The van der Waals surface area contributed by atoms with Crippen LogP contribution in [-0.2, 0) is 0 Å². The van der Waals surface area contributed by atoms with E-state index in [9.17, 15) is 0 Å². The fourth-order valence-electron chi connectivity index (χ4n) is 1.65. The highest BCUT2D eigenvalue weighted by Gasteiger charge is 2.17. The van der Waals surface area contributed by atoms with Gasteiger partial charge in [-0.3, -0.25) is 15.8 Å². The van der Waals surface area contributed by atoms with E-state index in [1.54, 1.807) is 37.8 Å². The number of ether oxygens (including phenoxy) is 1. The zero-order valence-electron chi connectivity index (χ0n) is 9.80. The van der Waals surface area contributed by atoms with Crippen molar-refractivity contribution in [3.8, 4) is 5.75 Å². The minimum atomic E-state index is -0.332. The summed E-state index contributed by atoms with van der Waals surface area (Å²) in [5, 5.41) is 0.545. The Labute approximate surface area is 110 Å². The van der Waals surface area contributed by atoms with Crippen molar-refractivity contribution in [2.24, 2.45) is 5.84 Å². The predicted octanol–water partition coefficient (Wildman–Crippen LogP) is 1.69. The molecule has 0 aliphatic carbocycles. The van der Waals surface area contributed by atoms with Gasteiger partial charge in [0.2, 0.25) is 0 Å². The summed E-state index contributed by atoms with van der Waals surface area (Å²) in [6, 6.07) is 5.04. The molecule has 1 unspecified atom stereocenters. The lowest BCUT2D eigenvalue weighted by molar-refractivity contribution is 0.411. The molecule has 0 aliphatic heterocycles. The Hall–Kier alpha value is -1.69. The van der Waals surface area contributed by atoms with Crippen molar-refractivity contribution >= 4 is 11.6 Å². The summed E-state index contributed by atoms with van der Waals surface area (Å²) >= 11 is 6.11. The second-order valence-corrected chi connectivity index (χ2v) is 4.04. The molecule has 0 fully saturated rings. The molecule has 2 aromatic heterocycles. The molecule has 0 spiro atoms. The second kappa shape index (κ2) is 5.77. The molecule has 2 rings (SSSR count). The van der Waals surface area contributed by atoms with Crippen LogP contribution in [0.2, 0.25) is 5.02 Å². The van der Waals surface area contributed by atoms with Crippen LogP contribution in [0.3, 0.4) is 0 Å². The summed E-state index contributed by atoms with van der Waals surface area (Å²) in [4.78, 5) is 8.33. The highest BCUT2D eigenvalue weighted by atomic mass is 35.5. The van der Waals surface area contributed by atoms with E-state index in [-0.39, 0.29) is 6.04 Å². The summed E-state index contributed by atoms with van der Waals surface area (Å²) in [7, 11) is 1.58. The first-order valence-electron chi connectivity index (χ1n) is 5.31. The molecule has 0 radical (unpaired) electrons. The number of nitrogens with one attached hydrogen (secondary N) is 1. The zero-order chi connectivity index (χ0) is 13.0. The first-order valence-corrected chi connectivity index (χ1v) is 5.69. The van der Waals surface area contributed by atoms with Crippen LogP contribution in [0.15, 0.2) is 36.8 Å². The number of halogens is 1. The SMILES string of the molecule is COc1cncc(C(NN)c2ncccc2Cl)c1. The standard InChI is InChI=1S/C12H13ClN4O/c1-18-9-5-8(6-15-7-9)11(17-14)12-10(13)3-2-4-16-12/h2-7,11,17H,14H2,1H3. The highest BCUT2D eigenvalue weighted by Crippen LogP contribution is 2.26. The van der Waals surface area contributed by atoms with Crippen molar-refractivity contribution in [3.63, 3.8) is 0 Å². The Kier molecular flexibility index (Phi) is 4.09. The lowest BCUT2D eigenvalue weighted by Crippen LogP contribution is -2.29. The zero-order valence-corrected chi connectivity index (χ0v) is 10.6. The average molecular weight is 265 g/mol. The van der Waals surface area contributed by atoms with Crippen molar-refractivity contribution < 1.29 is 4.74 Å². The van der Waals surface area contributed by atoms with Gasteiger partial charge in [-0.05, 0) is 23.8 Å². The number of hydrazine groups is 1. The normalized spacial score (nSPS) is 12.2. The molecule has 0 aliphatic rings. The largest absolute Gasteiger partial charge is 0.495 e. The highest BCUT2D eigenvalue weighted by molar-refractivity contribution is 6.31. The van der Waals surface area contributed by atoms with Crippen molar-refractivity contribution in [1.82, 2.24) is 15.4 Å². The number of aromatic nitrogens is 2. The van der Waals surface area contributed by atoms with Gasteiger partial charge >= 0.3 is 0 Å². The van der Waals surface area contributed by atoms with Crippen LogP contribution in [-0.4, -0.2) is 17.1 Å². The number of pyridine rings is 2. The van der Waals surface area contributed by atoms with Crippen LogP contribution in [0.4, 0.5) is 0 Å². The monoisotopic (exact) mass is 264 g/mol. The maximum atomic E-state index is 6.11. The quantitative estimate of drug-likeness (QED) is 0.649. The lowest BCUT2D eigenvalue weighted by Gasteiger charge is -2.17. The van der Waals surface area contributed by atoms with Gasteiger partial charge in [-0.25, -0.2) is 5.43 Å². The molecule has 18 heavy (non-hydrogen) atoms. The molecular formula is C12H13ClN4O.